The topological polar surface area (TPSA) is 313 Å². The number of halogens is 3. The Morgan fingerprint density at radius 1 is 0.612 bits per heavy atom. The molecule has 13 aromatic rings. The number of nitrogens with zero attached hydrogens (tertiary/aromatic N) is 10. The van der Waals surface area contributed by atoms with Crippen molar-refractivity contribution in [1.82, 2.24) is 54.5 Å². The number of aldehydes is 1. The Labute approximate surface area is 702 Å². The van der Waals surface area contributed by atoms with Crippen molar-refractivity contribution in [2.45, 2.75) is 89.9 Å². The molecule has 27 heteroatoms. The number of hydrogen-bond donors (Lipinski definition) is 5. The molecule has 2 fully saturated rings. The number of unbranched alkanes of at least 4 members (excludes halogenated alkanes) is 1. The van der Waals surface area contributed by atoms with Crippen LogP contribution in [0, 0.1) is 12.8 Å². The Morgan fingerprint density at radius 2 is 1.09 bits per heavy atom. The van der Waals surface area contributed by atoms with Crippen molar-refractivity contribution in [3.05, 3.63) is 330 Å². The molecule has 4 atom stereocenters. The number of hydrogen-bond acceptors (Lipinski definition) is 20. The maximum atomic E-state index is 11.7. The van der Waals surface area contributed by atoms with Gasteiger partial charge in [-0.2, -0.15) is 6.42 Å². The molecule has 7 N–H and O–H groups in total. The number of piperidine rings is 2. The summed E-state index contributed by atoms with van der Waals surface area (Å²) in [5.41, 5.74) is 18.1. The van der Waals surface area contributed by atoms with Gasteiger partial charge in [0.2, 0.25) is 0 Å². The molecule has 23 nitrogen and oxygen atoms in total. The van der Waals surface area contributed by atoms with Gasteiger partial charge in [-0.1, -0.05) is 145 Å². The van der Waals surface area contributed by atoms with Crippen molar-refractivity contribution in [2.75, 3.05) is 31.9 Å². The van der Waals surface area contributed by atoms with Gasteiger partial charge in [-0.3, -0.25) is 19.0 Å². The second-order valence-electron chi connectivity index (χ2n) is 26.8. The number of rotatable bonds is 17. The Kier molecular flexibility index (Phi) is 36.7. The van der Waals surface area contributed by atoms with Gasteiger partial charge in [0.25, 0.3) is 0 Å². The third-order valence-electron chi connectivity index (χ3n) is 17.1. The van der Waals surface area contributed by atoms with Crippen LogP contribution in [-0.4, -0.2) is 110 Å². The minimum Gasteiger partial charge on any atom is -0.481 e. The normalized spacial score (nSPS) is 13.7. The number of amides is 1. The SMILES string of the molecule is CC(C)(C)OC(=O)N1CCCC(C(=O)O)C1.Clc1cnccn1.NC(c1ccc(Oc2ccccc2)cc1)c1cncnc1Cl.Nc1nccn2c(C3CCCNC3)nc(-c3ccc(Oc4ccccc4)cc3)c12.O=Cc1ccc(Oc2ccccc2)cc1.OC(c1ccc(Oc2ccccc2)cc1)c1cncnc1Cl.[CH2-]CCC.[Li+]. The first-order chi connectivity index (χ1) is 55.8. The molecule has 5 aromatic heterocycles. The Balaban J connectivity index is 0.000000178. The van der Waals surface area contributed by atoms with Crippen LogP contribution in [0.1, 0.15) is 123 Å². The van der Waals surface area contributed by atoms with Crippen LogP contribution in [0.5, 0.6) is 46.0 Å². The monoisotopic (exact) mass is 1610 g/mol. The second-order valence-corrected chi connectivity index (χ2v) is 27.9. The maximum absolute atomic E-state index is 11.7. The average Bonchev–Trinajstić information content (AvgIpc) is 1.61. The fraction of sp³-hybridized carbons (Fsp3) is 0.213. The van der Waals surface area contributed by atoms with Crippen LogP contribution in [0.3, 0.4) is 0 Å². The first-order valence-corrected chi connectivity index (χ1v) is 38.3. The zero-order valence-electron chi connectivity index (χ0n) is 65.1. The number of carboxylic acids is 1. The van der Waals surface area contributed by atoms with Crippen molar-refractivity contribution < 1.29 is 67.1 Å². The van der Waals surface area contributed by atoms with Crippen LogP contribution in [0.15, 0.2) is 274 Å². The number of nitrogens with two attached hydrogens (primary N) is 2. The van der Waals surface area contributed by atoms with Gasteiger partial charge in [0.05, 0.1) is 18.2 Å². The van der Waals surface area contributed by atoms with Crippen molar-refractivity contribution >= 4 is 64.5 Å². The quantitative estimate of drug-likeness (QED) is 0.0245. The number of benzene rings is 8. The van der Waals surface area contributed by atoms with Gasteiger partial charge in [-0.25, -0.2) is 39.7 Å². The smallest absolute Gasteiger partial charge is 0.481 e. The third-order valence-corrected chi connectivity index (χ3v) is 17.9. The van der Waals surface area contributed by atoms with E-state index >= 15 is 0 Å². The molecule has 1 amide bonds. The first kappa shape index (κ1) is 89.9. The van der Waals surface area contributed by atoms with Gasteiger partial charge < -0.3 is 62.5 Å². The van der Waals surface area contributed by atoms with E-state index in [-0.39, 0.29) is 36.6 Å². The molecule has 7 heterocycles. The van der Waals surface area contributed by atoms with E-state index in [1.54, 1.807) is 94.1 Å². The van der Waals surface area contributed by atoms with E-state index in [4.69, 9.17) is 80.0 Å². The summed E-state index contributed by atoms with van der Waals surface area (Å²) in [6.45, 7) is 13.9. The molecule has 4 unspecified atom stereocenters. The predicted molar refractivity (Wildman–Crippen MR) is 448 cm³/mol. The molecule has 15 rings (SSSR count). The molecule has 0 aliphatic carbocycles. The largest absolute Gasteiger partial charge is 1.00 e. The maximum Gasteiger partial charge on any atom is 1.00 e. The summed E-state index contributed by atoms with van der Waals surface area (Å²) in [7, 11) is 0. The minimum absolute atomic E-state index is 0. The number of para-hydroxylation sites is 4. The molecule has 0 bridgehead atoms. The average molecular weight is 1620 g/mol. The molecule has 2 saturated heterocycles. The second kappa shape index (κ2) is 47.3. The number of carbonyl (C=O) groups excluding carboxylic acids is 2. The summed E-state index contributed by atoms with van der Waals surface area (Å²) in [5, 5.41) is 23.8. The third kappa shape index (κ3) is 29.0. The number of aliphatic hydroxyl groups is 1. The number of anilines is 1. The fourth-order valence-electron chi connectivity index (χ4n) is 11.3. The summed E-state index contributed by atoms with van der Waals surface area (Å²) in [4.78, 5) is 66.8. The molecule has 0 saturated carbocycles. The molecular weight excluding hydrogens is 1520 g/mol. The number of fused-ring (bicyclic) bond motifs is 1. The van der Waals surface area contributed by atoms with Crippen molar-refractivity contribution in [1.29, 1.82) is 0 Å². The van der Waals surface area contributed by atoms with E-state index < -0.39 is 29.7 Å². The Hall–Kier alpha value is -11.6. The van der Waals surface area contributed by atoms with Crippen LogP contribution in [0.4, 0.5) is 10.6 Å². The number of likely N-dealkylation sites (tertiary alicyclic amines) is 1. The first-order valence-electron chi connectivity index (χ1n) is 37.1. The number of carbonyl (C=O) groups is 3. The number of aliphatic carboxylic acids is 1. The van der Waals surface area contributed by atoms with Gasteiger partial charge in [0.15, 0.2) is 0 Å². The van der Waals surface area contributed by atoms with Gasteiger partial charge in [0.1, 0.15) is 115 Å². The molecule has 2 aliphatic rings. The van der Waals surface area contributed by atoms with Crippen LogP contribution in [0.2, 0.25) is 15.5 Å². The minimum atomic E-state index is -0.875. The number of ether oxygens (including phenoxy) is 5. The summed E-state index contributed by atoms with van der Waals surface area (Å²) < 4.78 is 30.2. The summed E-state index contributed by atoms with van der Waals surface area (Å²) in [5.74, 6) is 6.71. The molecule has 0 radical (unpaired) electrons. The van der Waals surface area contributed by atoms with E-state index in [1.165, 1.54) is 36.4 Å². The standard InChI is InChI=1S/C23H23N5O.C17H14ClN3O.C17H13ClN2O2.C13H10O2.C11H19NO4.C4H3ClN2.C4H9.Li/c24-22-21-20(16-8-10-19(11-9-16)29-18-6-2-1-3-7-18)27-23(28(21)14-13-26-22)17-5-4-12-25-15-17;18-17-15(10-20-11-21-17)16(19)12-6-8-14(9-7-12)22-13-4-2-1-3-5-13;18-17-15(10-19-11-20-17)16(21)12-6-8-14(9-7-12)22-13-4-2-1-3-5-13;14-10-11-6-8-13(9-7-11)15-12-4-2-1-3-5-12;1-11(2,3)16-10(15)12-6-4-5-8(7-12)9(13)14;5-4-3-6-1-2-7-4;1-3-4-2;/h1-3,6-11,13-14,17,25H,4-5,12,15H2,(H2,24,26);1-11,16H,19H2;1-11,16,21H;1-10H;8H,4-7H2,1-3H3,(H,13,14);1-3H;1,3-4H2,2H3;/q;;;;;;-1;+1. The number of carboxylic acid groups (broad SMARTS) is 1. The van der Waals surface area contributed by atoms with Crippen molar-refractivity contribution in [3.8, 4) is 57.3 Å². The Morgan fingerprint density at radius 3 is 1.51 bits per heavy atom. The van der Waals surface area contributed by atoms with E-state index in [2.05, 4.69) is 58.5 Å². The summed E-state index contributed by atoms with van der Waals surface area (Å²) in [6, 6.07) is 67.7. The number of aromatic nitrogens is 9. The van der Waals surface area contributed by atoms with E-state index in [1.807, 2.05) is 176 Å². The number of imidazole rings is 1. The van der Waals surface area contributed by atoms with Gasteiger partial charge in [0, 0.05) is 85.0 Å². The van der Waals surface area contributed by atoms with Crippen LogP contribution < -0.4 is 54.6 Å². The zero-order valence-corrected chi connectivity index (χ0v) is 67.3. The van der Waals surface area contributed by atoms with E-state index in [0.29, 0.717) is 63.0 Å². The van der Waals surface area contributed by atoms with Crippen LogP contribution >= 0.6 is 34.8 Å². The van der Waals surface area contributed by atoms with Crippen molar-refractivity contribution in [2.24, 2.45) is 11.7 Å². The fourth-order valence-corrected chi connectivity index (χ4v) is 11.8. The molecule has 116 heavy (non-hydrogen) atoms. The van der Waals surface area contributed by atoms with E-state index in [9.17, 15) is 19.5 Å². The Bertz CT molecular complexity index is 4920. The molecule has 594 valence electrons. The van der Waals surface area contributed by atoms with Gasteiger partial charge in [-0.05, 0) is 185 Å². The molecule has 0 spiro atoms. The summed E-state index contributed by atoms with van der Waals surface area (Å²) >= 11 is 17.4. The van der Waals surface area contributed by atoms with Crippen LogP contribution in [0.25, 0.3) is 16.8 Å². The van der Waals surface area contributed by atoms with Gasteiger partial charge in [-0.15, -0.1) is 0 Å². The number of nitrogen functional groups attached to an aromatic ring is 1. The predicted octanol–water partition coefficient (Wildman–Crippen LogP) is 17.0. The van der Waals surface area contributed by atoms with Crippen LogP contribution in [-0.2, 0) is 9.53 Å². The van der Waals surface area contributed by atoms with E-state index in [0.717, 1.165) is 113 Å². The molecule has 8 aromatic carbocycles. The summed E-state index contributed by atoms with van der Waals surface area (Å²) in [6.07, 6.45) is 19.6. The number of nitrogens with one attached hydrogen (secondary N) is 1. The number of aliphatic hydroxyl groups excluding tert-OH is 1. The molecular formula is C89H91Cl3LiN13O10. The molecule has 2 aliphatic heterocycles. The zero-order chi connectivity index (χ0) is 81.7. The van der Waals surface area contributed by atoms with Gasteiger partial charge >= 0.3 is 30.9 Å². The van der Waals surface area contributed by atoms with Crippen molar-refractivity contribution in [3.63, 3.8) is 0 Å².